The summed E-state index contributed by atoms with van der Waals surface area (Å²) in [7, 11) is 0. The second-order valence-electron chi connectivity index (χ2n) is 4.78. The molecule has 1 aromatic rings. The number of halogens is 1. The Hall–Kier alpha value is -1.38. The standard InChI is InChI=1S/C12H13FO2/c1-11(2)7-12(11,10(14)15)8-3-5-9(13)6-4-8/h3-6H,7H2,1-2H3,(H,14,15)/t12-/m1/s1. The van der Waals surface area contributed by atoms with Crippen molar-refractivity contribution in [1.82, 2.24) is 0 Å². The first-order valence-electron chi connectivity index (χ1n) is 4.90. The predicted molar refractivity (Wildman–Crippen MR) is 54.1 cm³/mol. The van der Waals surface area contributed by atoms with Crippen LogP contribution in [0.5, 0.6) is 0 Å². The van der Waals surface area contributed by atoms with E-state index in [1.807, 2.05) is 13.8 Å². The minimum atomic E-state index is -0.820. The van der Waals surface area contributed by atoms with Crippen LogP contribution in [0.2, 0.25) is 0 Å². The van der Waals surface area contributed by atoms with Crippen molar-refractivity contribution in [2.45, 2.75) is 25.7 Å². The van der Waals surface area contributed by atoms with Crippen molar-refractivity contribution in [3.8, 4) is 0 Å². The fourth-order valence-electron chi connectivity index (χ4n) is 2.33. The molecule has 15 heavy (non-hydrogen) atoms. The van der Waals surface area contributed by atoms with E-state index in [2.05, 4.69) is 0 Å². The molecule has 0 bridgehead atoms. The topological polar surface area (TPSA) is 37.3 Å². The van der Waals surface area contributed by atoms with Gasteiger partial charge in [-0.2, -0.15) is 0 Å². The Labute approximate surface area is 87.7 Å². The molecule has 0 unspecified atom stereocenters. The number of aliphatic carboxylic acids is 1. The molecule has 2 rings (SSSR count). The van der Waals surface area contributed by atoms with E-state index in [1.165, 1.54) is 12.1 Å². The SMILES string of the molecule is CC1(C)C[C@]1(C(=O)O)c1ccc(F)cc1. The molecule has 1 N–H and O–H groups in total. The maximum atomic E-state index is 12.7. The number of carboxylic acid groups (broad SMARTS) is 1. The van der Waals surface area contributed by atoms with E-state index in [4.69, 9.17) is 0 Å². The lowest BCUT2D eigenvalue weighted by molar-refractivity contribution is -0.141. The first kappa shape index (κ1) is 10.1. The molecule has 0 aliphatic heterocycles. The fourth-order valence-corrected chi connectivity index (χ4v) is 2.33. The Morgan fingerprint density at radius 2 is 1.80 bits per heavy atom. The summed E-state index contributed by atoms with van der Waals surface area (Å²) in [6.07, 6.45) is 0.612. The summed E-state index contributed by atoms with van der Waals surface area (Å²) in [6, 6.07) is 5.76. The molecule has 3 heteroatoms. The summed E-state index contributed by atoms with van der Waals surface area (Å²) in [4.78, 5) is 11.3. The highest BCUT2D eigenvalue weighted by Gasteiger charge is 2.67. The largest absolute Gasteiger partial charge is 0.481 e. The molecule has 0 spiro atoms. The van der Waals surface area contributed by atoms with Crippen molar-refractivity contribution in [2.24, 2.45) is 5.41 Å². The highest BCUT2D eigenvalue weighted by Crippen LogP contribution is 2.64. The zero-order valence-electron chi connectivity index (χ0n) is 8.75. The molecule has 0 saturated heterocycles. The van der Waals surface area contributed by atoms with Crippen LogP contribution in [0.15, 0.2) is 24.3 Å². The van der Waals surface area contributed by atoms with Crippen molar-refractivity contribution in [2.75, 3.05) is 0 Å². The Morgan fingerprint density at radius 3 is 2.13 bits per heavy atom. The second kappa shape index (κ2) is 2.81. The molecule has 1 aromatic carbocycles. The van der Waals surface area contributed by atoms with Gasteiger partial charge in [0.1, 0.15) is 5.82 Å². The Kier molecular flexibility index (Phi) is 1.90. The Balaban J connectivity index is 2.45. The molecule has 80 valence electrons. The number of hydrogen-bond donors (Lipinski definition) is 1. The van der Waals surface area contributed by atoms with E-state index in [0.717, 1.165) is 0 Å². The minimum Gasteiger partial charge on any atom is -0.481 e. The fraction of sp³-hybridized carbons (Fsp3) is 0.417. The third-order valence-corrected chi connectivity index (χ3v) is 3.44. The van der Waals surface area contributed by atoms with E-state index >= 15 is 0 Å². The maximum Gasteiger partial charge on any atom is 0.314 e. The lowest BCUT2D eigenvalue weighted by atomic mass is 9.88. The van der Waals surface area contributed by atoms with Crippen LogP contribution in [-0.2, 0) is 10.2 Å². The van der Waals surface area contributed by atoms with E-state index < -0.39 is 11.4 Å². The van der Waals surface area contributed by atoms with Crippen LogP contribution in [0.1, 0.15) is 25.8 Å². The van der Waals surface area contributed by atoms with Gasteiger partial charge in [0, 0.05) is 0 Å². The van der Waals surface area contributed by atoms with Crippen LogP contribution in [0.25, 0.3) is 0 Å². The lowest BCUT2D eigenvalue weighted by Crippen LogP contribution is -2.25. The van der Waals surface area contributed by atoms with Crippen molar-refractivity contribution >= 4 is 5.97 Å². The molecular weight excluding hydrogens is 195 g/mol. The Bertz CT molecular complexity index is 408. The van der Waals surface area contributed by atoms with E-state index in [9.17, 15) is 14.3 Å². The first-order chi connectivity index (χ1) is 6.90. The van der Waals surface area contributed by atoms with Crippen LogP contribution in [0.4, 0.5) is 4.39 Å². The number of carbonyl (C=O) groups is 1. The smallest absolute Gasteiger partial charge is 0.314 e. The molecule has 2 nitrogen and oxygen atoms in total. The highest BCUT2D eigenvalue weighted by atomic mass is 19.1. The van der Waals surface area contributed by atoms with Crippen LogP contribution >= 0.6 is 0 Å². The molecule has 0 heterocycles. The maximum absolute atomic E-state index is 12.7. The summed E-state index contributed by atoms with van der Waals surface area (Å²) in [6.45, 7) is 3.84. The normalized spacial score (nSPS) is 27.4. The minimum absolute atomic E-state index is 0.239. The summed E-state index contributed by atoms with van der Waals surface area (Å²) in [5.74, 6) is -1.16. The predicted octanol–water partition coefficient (Wildman–Crippen LogP) is 2.58. The van der Waals surface area contributed by atoms with Crippen molar-refractivity contribution in [1.29, 1.82) is 0 Å². The molecular formula is C12H13FO2. The molecule has 0 aromatic heterocycles. The first-order valence-corrected chi connectivity index (χ1v) is 4.90. The molecule has 1 fully saturated rings. The highest BCUT2D eigenvalue weighted by molar-refractivity contribution is 5.87. The number of rotatable bonds is 2. The molecule has 1 atom stereocenters. The third-order valence-electron chi connectivity index (χ3n) is 3.44. The van der Waals surface area contributed by atoms with Gasteiger partial charge < -0.3 is 5.11 Å². The average Bonchev–Trinajstić information content (AvgIpc) is 2.72. The van der Waals surface area contributed by atoms with Gasteiger partial charge in [0.2, 0.25) is 0 Å². The van der Waals surface area contributed by atoms with Gasteiger partial charge in [0.05, 0.1) is 5.41 Å². The van der Waals surface area contributed by atoms with Crippen molar-refractivity contribution in [3.63, 3.8) is 0 Å². The van der Waals surface area contributed by atoms with Crippen LogP contribution in [-0.4, -0.2) is 11.1 Å². The molecule has 1 aliphatic carbocycles. The number of benzene rings is 1. The van der Waals surface area contributed by atoms with Gasteiger partial charge in [-0.3, -0.25) is 4.79 Å². The van der Waals surface area contributed by atoms with Gasteiger partial charge in [-0.1, -0.05) is 26.0 Å². The van der Waals surface area contributed by atoms with E-state index in [-0.39, 0.29) is 11.2 Å². The molecule has 1 aliphatic rings. The van der Waals surface area contributed by atoms with Crippen LogP contribution in [0, 0.1) is 11.2 Å². The van der Waals surface area contributed by atoms with Gasteiger partial charge in [-0.25, -0.2) is 4.39 Å². The quantitative estimate of drug-likeness (QED) is 0.811. The van der Waals surface area contributed by atoms with E-state index in [0.29, 0.717) is 12.0 Å². The third kappa shape index (κ3) is 1.26. The summed E-state index contributed by atoms with van der Waals surface area (Å²) in [5, 5.41) is 9.27. The zero-order chi connectivity index (χ0) is 11.3. The van der Waals surface area contributed by atoms with Crippen LogP contribution in [0.3, 0.4) is 0 Å². The summed E-state index contributed by atoms with van der Waals surface area (Å²) >= 11 is 0. The van der Waals surface area contributed by atoms with Crippen molar-refractivity contribution < 1.29 is 14.3 Å². The van der Waals surface area contributed by atoms with E-state index in [1.54, 1.807) is 12.1 Å². The second-order valence-corrected chi connectivity index (χ2v) is 4.78. The lowest BCUT2D eigenvalue weighted by Gasteiger charge is -2.15. The monoisotopic (exact) mass is 208 g/mol. The van der Waals surface area contributed by atoms with Gasteiger partial charge in [0.25, 0.3) is 0 Å². The molecule has 0 amide bonds. The summed E-state index contributed by atoms with van der Waals surface area (Å²) < 4.78 is 12.7. The summed E-state index contributed by atoms with van der Waals surface area (Å²) in [5.41, 5.74) is -0.362. The van der Waals surface area contributed by atoms with Crippen molar-refractivity contribution in [3.05, 3.63) is 35.6 Å². The molecule has 1 saturated carbocycles. The average molecular weight is 208 g/mol. The van der Waals surface area contributed by atoms with Crippen LogP contribution < -0.4 is 0 Å². The molecule has 0 radical (unpaired) electrons. The zero-order valence-corrected chi connectivity index (χ0v) is 8.75. The number of hydrogen-bond acceptors (Lipinski definition) is 1. The van der Waals surface area contributed by atoms with Gasteiger partial charge in [-0.15, -0.1) is 0 Å². The van der Waals surface area contributed by atoms with Gasteiger partial charge in [-0.05, 0) is 29.5 Å². The number of carboxylic acids is 1. The van der Waals surface area contributed by atoms with Gasteiger partial charge >= 0.3 is 5.97 Å². The Morgan fingerprint density at radius 1 is 1.33 bits per heavy atom. The van der Waals surface area contributed by atoms with Gasteiger partial charge in [0.15, 0.2) is 0 Å².